The summed E-state index contributed by atoms with van der Waals surface area (Å²) >= 11 is 0. The fraction of sp³-hybridized carbons (Fsp3) is 0.100. The van der Waals surface area contributed by atoms with Crippen molar-refractivity contribution in [3.05, 3.63) is 55.4 Å². The third-order valence-corrected chi connectivity index (χ3v) is 1.04. The molecule has 0 aromatic carbocycles. The van der Waals surface area contributed by atoms with E-state index in [1.165, 1.54) is 6.33 Å². The summed E-state index contributed by atoms with van der Waals surface area (Å²) in [5.41, 5.74) is 0. The molecule has 0 aliphatic carbocycles. The minimum atomic E-state index is 0. The highest BCUT2D eigenvalue weighted by atomic mass is 14.8. The zero-order valence-electron chi connectivity index (χ0n) is 6.54. The van der Waals surface area contributed by atoms with Crippen molar-refractivity contribution < 1.29 is 0 Å². The van der Waals surface area contributed by atoms with E-state index in [0.29, 0.717) is 0 Å². The molecule has 0 atom stereocenters. The molecule has 68 valence electrons. The Hall–Kier alpha value is -1.77. The van der Waals surface area contributed by atoms with E-state index >= 15 is 0 Å². The first-order valence-corrected chi connectivity index (χ1v) is 3.55. The van der Waals surface area contributed by atoms with Crippen molar-refractivity contribution in [3.63, 3.8) is 0 Å². The molecule has 0 saturated carbocycles. The van der Waals surface area contributed by atoms with Gasteiger partial charge in [-0.3, -0.25) is 4.98 Å². The van der Waals surface area contributed by atoms with Crippen LogP contribution in [0.3, 0.4) is 0 Å². The minimum Gasteiger partial charge on any atom is -0.265 e. The van der Waals surface area contributed by atoms with Crippen molar-refractivity contribution in [1.29, 1.82) is 0 Å². The van der Waals surface area contributed by atoms with Crippen molar-refractivity contribution in [2.75, 3.05) is 0 Å². The summed E-state index contributed by atoms with van der Waals surface area (Å²) in [6, 6.07) is 7.49. The van der Waals surface area contributed by atoms with E-state index in [0.717, 1.165) is 0 Å². The number of rotatable bonds is 0. The molecular weight excluding hydrogens is 162 g/mol. The number of hydrogen-bond donors (Lipinski definition) is 0. The van der Waals surface area contributed by atoms with Crippen LogP contribution in [0.5, 0.6) is 0 Å². The molecule has 3 nitrogen and oxygen atoms in total. The predicted octanol–water partition coefficient (Wildman–Crippen LogP) is 2.19. The van der Waals surface area contributed by atoms with E-state index in [2.05, 4.69) is 15.0 Å². The molecule has 2 rings (SSSR count). The van der Waals surface area contributed by atoms with Crippen LogP contribution >= 0.6 is 0 Å². The van der Waals surface area contributed by atoms with Gasteiger partial charge < -0.3 is 0 Å². The summed E-state index contributed by atoms with van der Waals surface area (Å²) < 4.78 is 0. The highest BCUT2D eigenvalue weighted by Crippen LogP contribution is 1.73. The number of hydrogen-bond acceptors (Lipinski definition) is 3. The molecular formula is C10H13N3. The van der Waals surface area contributed by atoms with Crippen molar-refractivity contribution in [3.8, 4) is 0 Å². The molecule has 0 bridgehead atoms. The largest absolute Gasteiger partial charge is 0.265 e. The molecule has 3 heteroatoms. The van der Waals surface area contributed by atoms with Gasteiger partial charge in [0.15, 0.2) is 0 Å². The molecule has 0 unspecified atom stereocenters. The normalized spacial score (nSPS) is 7.38. The topological polar surface area (TPSA) is 38.7 Å². The second kappa shape index (κ2) is 8.33. The Morgan fingerprint density at radius 3 is 1.23 bits per heavy atom. The summed E-state index contributed by atoms with van der Waals surface area (Å²) in [7, 11) is 0. The maximum atomic E-state index is 3.78. The first-order valence-electron chi connectivity index (χ1n) is 3.55. The lowest BCUT2D eigenvalue weighted by molar-refractivity contribution is 1.17. The van der Waals surface area contributed by atoms with Gasteiger partial charge in [-0.2, -0.15) is 0 Å². The molecule has 2 aromatic rings. The van der Waals surface area contributed by atoms with Crippen LogP contribution in [-0.2, 0) is 0 Å². The van der Waals surface area contributed by atoms with Crippen LogP contribution in [0.2, 0.25) is 0 Å². The Kier molecular flexibility index (Phi) is 7.19. The van der Waals surface area contributed by atoms with Crippen LogP contribution in [0.4, 0.5) is 0 Å². The molecule has 13 heavy (non-hydrogen) atoms. The lowest BCUT2D eigenvalue weighted by Crippen LogP contribution is -1.66. The summed E-state index contributed by atoms with van der Waals surface area (Å²) in [5, 5.41) is 0. The predicted molar refractivity (Wildman–Crippen MR) is 53.0 cm³/mol. The molecule has 0 amide bonds. The van der Waals surface area contributed by atoms with E-state index in [9.17, 15) is 0 Å². The van der Waals surface area contributed by atoms with Gasteiger partial charge >= 0.3 is 0 Å². The van der Waals surface area contributed by atoms with E-state index < -0.39 is 0 Å². The van der Waals surface area contributed by atoms with Gasteiger partial charge in [-0.05, 0) is 18.2 Å². The average Bonchev–Trinajstić information content (AvgIpc) is 2.24. The Bertz CT molecular complexity index is 186. The van der Waals surface area contributed by atoms with Gasteiger partial charge in [0.2, 0.25) is 0 Å². The van der Waals surface area contributed by atoms with Crippen LogP contribution in [0.25, 0.3) is 0 Å². The zero-order chi connectivity index (χ0) is 8.49. The van der Waals surface area contributed by atoms with Crippen molar-refractivity contribution in [2.24, 2.45) is 0 Å². The average molecular weight is 175 g/mol. The Labute approximate surface area is 78.5 Å². The van der Waals surface area contributed by atoms with Crippen LogP contribution in [0, 0.1) is 0 Å². The van der Waals surface area contributed by atoms with Gasteiger partial charge in [-0.25, -0.2) is 9.97 Å². The Balaban J connectivity index is 0.000000206. The van der Waals surface area contributed by atoms with Crippen LogP contribution < -0.4 is 0 Å². The van der Waals surface area contributed by atoms with Crippen molar-refractivity contribution >= 4 is 0 Å². The van der Waals surface area contributed by atoms with Gasteiger partial charge in [-0.15, -0.1) is 0 Å². The third kappa shape index (κ3) is 6.62. The van der Waals surface area contributed by atoms with Gasteiger partial charge in [-0.1, -0.05) is 13.5 Å². The fourth-order valence-corrected chi connectivity index (χ4v) is 0.566. The lowest BCUT2D eigenvalue weighted by atomic mass is 10.5. The van der Waals surface area contributed by atoms with Crippen molar-refractivity contribution in [2.45, 2.75) is 7.43 Å². The second-order valence-electron chi connectivity index (χ2n) is 1.93. The number of pyridine rings is 1. The van der Waals surface area contributed by atoms with Crippen molar-refractivity contribution in [1.82, 2.24) is 15.0 Å². The minimum absolute atomic E-state index is 0. The number of nitrogens with zero attached hydrogens (tertiary/aromatic N) is 3. The maximum Gasteiger partial charge on any atom is 0.115 e. The molecule has 0 radical (unpaired) electrons. The first kappa shape index (κ1) is 11.2. The first-order chi connectivity index (χ1) is 6.00. The molecule has 0 aliphatic rings. The summed E-state index contributed by atoms with van der Waals surface area (Å²) in [6.45, 7) is 0. The molecule has 2 aromatic heterocycles. The monoisotopic (exact) mass is 175 g/mol. The number of aromatic nitrogens is 3. The standard InChI is InChI=1S/C5H5N.C4H4N2.CH4/c1-2-4-6-5-3-1;1-2-5-4-6-3-1;/h1-5H;1-4H;1H4. The molecule has 2 heterocycles. The van der Waals surface area contributed by atoms with Crippen LogP contribution in [0.15, 0.2) is 55.4 Å². The second-order valence-corrected chi connectivity index (χ2v) is 1.93. The van der Waals surface area contributed by atoms with E-state index in [-0.39, 0.29) is 7.43 Å². The Morgan fingerprint density at radius 1 is 0.538 bits per heavy atom. The van der Waals surface area contributed by atoms with Gasteiger partial charge in [0, 0.05) is 24.8 Å². The van der Waals surface area contributed by atoms with E-state index in [1.807, 2.05) is 18.2 Å². The van der Waals surface area contributed by atoms with Crippen LogP contribution in [0.1, 0.15) is 7.43 Å². The SMILES string of the molecule is C.c1ccncc1.c1cncnc1. The third-order valence-electron chi connectivity index (χ3n) is 1.04. The van der Waals surface area contributed by atoms with Gasteiger partial charge in [0.05, 0.1) is 0 Å². The molecule has 0 fully saturated rings. The maximum absolute atomic E-state index is 3.78. The smallest absolute Gasteiger partial charge is 0.115 e. The highest BCUT2D eigenvalue weighted by Gasteiger charge is 1.59. The van der Waals surface area contributed by atoms with Gasteiger partial charge in [0.1, 0.15) is 6.33 Å². The van der Waals surface area contributed by atoms with E-state index in [4.69, 9.17) is 0 Å². The fourth-order valence-electron chi connectivity index (χ4n) is 0.566. The summed E-state index contributed by atoms with van der Waals surface area (Å²) in [5.74, 6) is 0. The lowest BCUT2D eigenvalue weighted by Gasteiger charge is -1.70. The zero-order valence-corrected chi connectivity index (χ0v) is 6.54. The summed E-state index contributed by atoms with van der Waals surface area (Å²) in [4.78, 5) is 11.1. The molecule has 0 N–H and O–H groups in total. The highest BCUT2D eigenvalue weighted by molar-refractivity contribution is 4.88. The summed E-state index contributed by atoms with van der Waals surface area (Å²) in [6.07, 6.45) is 8.38. The van der Waals surface area contributed by atoms with Gasteiger partial charge in [0.25, 0.3) is 0 Å². The molecule has 0 saturated heterocycles. The van der Waals surface area contributed by atoms with E-state index in [1.54, 1.807) is 30.9 Å². The van der Waals surface area contributed by atoms with Crippen LogP contribution in [-0.4, -0.2) is 15.0 Å². The Morgan fingerprint density at radius 2 is 1.08 bits per heavy atom. The molecule has 0 aliphatic heterocycles. The molecule has 0 spiro atoms. The quantitative estimate of drug-likeness (QED) is 0.616.